The average molecular weight is 277 g/mol. The van der Waals surface area contributed by atoms with E-state index in [0.717, 1.165) is 6.07 Å². The molecule has 0 spiro atoms. The molecule has 2 N–H and O–H groups in total. The Balaban J connectivity index is 2.68. The summed E-state index contributed by atoms with van der Waals surface area (Å²) < 4.78 is 37.4. The number of aromatic nitrogens is 1. The van der Waals surface area contributed by atoms with E-state index in [4.69, 9.17) is 0 Å². The summed E-state index contributed by atoms with van der Waals surface area (Å²) >= 11 is 0. The van der Waals surface area contributed by atoms with Gasteiger partial charge in [0.05, 0.1) is 5.60 Å². The molecule has 0 saturated carbocycles. The van der Waals surface area contributed by atoms with Gasteiger partial charge in [0.15, 0.2) is 0 Å². The van der Waals surface area contributed by atoms with Crippen LogP contribution in [0.3, 0.4) is 0 Å². The normalized spacial score (nSPS) is 15.4. The lowest BCUT2D eigenvalue weighted by Crippen LogP contribution is -2.43. The van der Waals surface area contributed by atoms with Crippen LogP contribution in [0.4, 0.5) is 19.0 Å². The molecule has 0 fully saturated rings. The quantitative estimate of drug-likeness (QED) is 0.862. The molecule has 0 bridgehead atoms. The fourth-order valence-corrected chi connectivity index (χ4v) is 1.71. The molecule has 1 unspecified atom stereocenters. The minimum atomic E-state index is -4.47. The topological polar surface area (TPSA) is 48.4 Å². The van der Waals surface area contributed by atoms with Crippen molar-refractivity contribution in [3.8, 4) is 0 Å². The molecule has 0 aliphatic heterocycles. The lowest BCUT2D eigenvalue weighted by molar-refractivity contribution is -0.141. The van der Waals surface area contributed by atoms with Gasteiger partial charge in [0, 0.05) is 13.1 Å². The van der Waals surface area contributed by atoms with Crippen LogP contribution in [0.25, 0.3) is 0 Å². The molecule has 1 aromatic heterocycles. The van der Waals surface area contributed by atoms with Crippen molar-refractivity contribution < 1.29 is 18.3 Å². The maximum Gasteiger partial charge on any atom is 0.433 e. The highest BCUT2D eigenvalue weighted by molar-refractivity contribution is 5.36. The van der Waals surface area contributed by atoms with Gasteiger partial charge in [-0.15, -0.1) is 0 Å². The Bertz CT molecular complexity index is 419. The maximum atomic E-state index is 12.5. The molecule has 1 heterocycles. The van der Waals surface area contributed by atoms with Crippen LogP contribution in [-0.4, -0.2) is 47.8 Å². The molecule has 0 aliphatic carbocycles. The molecule has 1 aromatic rings. The predicted octanol–water partition coefficient (Wildman–Crippen LogP) is 1.82. The van der Waals surface area contributed by atoms with Crippen molar-refractivity contribution in [2.45, 2.75) is 18.7 Å². The van der Waals surface area contributed by atoms with Gasteiger partial charge in [-0.1, -0.05) is 6.07 Å². The number of halogens is 3. The van der Waals surface area contributed by atoms with E-state index in [1.54, 1.807) is 25.9 Å². The summed E-state index contributed by atoms with van der Waals surface area (Å²) in [5.41, 5.74) is -2.01. The lowest BCUT2D eigenvalue weighted by Gasteiger charge is -2.27. The smallest absolute Gasteiger partial charge is 0.387 e. The van der Waals surface area contributed by atoms with Crippen LogP contribution in [0.1, 0.15) is 12.6 Å². The highest BCUT2D eigenvalue weighted by Crippen LogP contribution is 2.28. The molecule has 0 amide bonds. The van der Waals surface area contributed by atoms with Crippen LogP contribution in [-0.2, 0) is 6.18 Å². The standard InChI is InChI=1S/C12H18F3N3O/c1-11(19,8-18(2)3)7-16-10-6-4-5-9(17-10)12(13,14)15/h4-6,19H,7-8H2,1-3H3,(H,16,17). The molecular weight excluding hydrogens is 259 g/mol. The molecule has 4 nitrogen and oxygen atoms in total. The van der Waals surface area contributed by atoms with E-state index >= 15 is 0 Å². The largest absolute Gasteiger partial charge is 0.433 e. The van der Waals surface area contributed by atoms with Crippen molar-refractivity contribution in [2.75, 3.05) is 32.5 Å². The van der Waals surface area contributed by atoms with Gasteiger partial charge in [0.2, 0.25) is 0 Å². The molecule has 0 radical (unpaired) electrons. The van der Waals surface area contributed by atoms with E-state index < -0.39 is 17.5 Å². The third kappa shape index (κ3) is 5.44. The van der Waals surface area contributed by atoms with E-state index in [1.807, 2.05) is 0 Å². The van der Waals surface area contributed by atoms with Crippen LogP contribution in [0.2, 0.25) is 0 Å². The van der Waals surface area contributed by atoms with Crippen LogP contribution in [0.15, 0.2) is 18.2 Å². The number of nitrogens with one attached hydrogen (secondary N) is 1. The van der Waals surface area contributed by atoms with Crippen LogP contribution < -0.4 is 5.32 Å². The van der Waals surface area contributed by atoms with E-state index in [9.17, 15) is 18.3 Å². The summed E-state index contributed by atoms with van der Waals surface area (Å²) in [5.74, 6) is 0.0915. The molecule has 108 valence electrons. The summed E-state index contributed by atoms with van der Waals surface area (Å²) in [4.78, 5) is 5.26. The second-order valence-corrected chi connectivity index (χ2v) is 4.99. The van der Waals surface area contributed by atoms with Gasteiger partial charge in [0.1, 0.15) is 11.5 Å². The Hall–Kier alpha value is -1.34. The first-order valence-corrected chi connectivity index (χ1v) is 5.75. The summed E-state index contributed by atoms with van der Waals surface area (Å²) in [6.07, 6.45) is -4.47. The zero-order valence-corrected chi connectivity index (χ0v) is 11.1. The monoisotopic (exact) mass is 277 g/mol. The van der Waals surface area contributed by atoms with Gasteiger partial charge in [-0.05, 0) is 33.2 Å². The highest BCUT2D eigenvalue weighted by Gasteiger charge is 2.32. The van der Waals surface area contributed by atoms with Crippen LogP contribution >= 0.6 is 0 Å². The van der Waals surface area contributed by atoms with Gasteiger partial charge >= 0.3 is 6.18 Å². The minimum Gasteiger partial charge on any atom is -0.387 e. The Morgan fingerprint density at radius 3 is 2.47 bits per heavy atom. The third-order valence-electron chi connectivity index (χ3n) is 2.35. The average Bonchev–Trinajstić information content (AvgIpc) is 2.24. The lowest BCUT2D eigenvalue weighted by atomic mass is 10.1. The Morgan fingerprint density at radius 2 is 1.95 bits per heavy atom. The fraction of sp³-hybridized carbons (Fsp3) is 0.583. The molecule has 0 saturated heterocycles. The first kappa shape index (κ1) is 15.7. The number of aliphatic hydroxyl groups is 1. The zero-order valence-electron chi connectivity index (χ0n) is 11.1. The number of rotatable bonds is 5. The first-order valence-electron chi connectivity index (χ1n) is 5.75. The van der Waals surface area contributed by atoms with Crippen LogP contribution in [0.5, 0.6) is 0 Å². The molecule has 1 atom stereocenters. The van der Waals surface area contributed by atoms with Gasteiger partial charge < -0.3 is 15.3 Å². The van der Waals surface area contributed by atoms with E-state index in [-0.39, 0.29) is 12.4 Å². The summed E-state index contributed by atoms with van der Waals surface area (Å²) in [5, 5.41) is 12.7. The highest BCUT2D eigenvalue weighted by atomic mass is 19.4. The van der Waals surface area contributed by atoms with Crippen LogP contribution in [0, 0.1) is 0 Å². The SMILES string of the molecule is CN(C)CC(C)(O)CNc1cccc(C(F)(F)F)n1. The van der Waals surface area contributed by atoms with Crippen molar-refractivity contribution in [1.82, 2.24) is 9.88 Å². The summed E-state index contributed by atoms with van der Waals surface area (Å²) in [6.45, 7) is 2.10. The number of likely N-dealkylation sites (N-methyl/N-ethyl adjacent to an activating group) is 1. The maximum absolute atomic E-state index is 12.5. The molecule has 0 aromatic carbocycles. The van der Waals surface area contributed by atoms with Crippen molar-refractivity contribution in [3.05, 3.63) is 23.9 Å². The van der Waals surface area contributed by atoms with Crippen molar-refractivity contribution in [2.24, 2.45) is 0 Å². The number of hydrogen-bond acceptors (Lipinski definition) is 4. The van der Waals surface area contributed by atoms with Gasteiger partial charge in [-0.3, -0.25) is 0 Å². The van der Waals surface area contributed by atoms with Crippen molar-refractivity contribution >= 4 is 5.82 Å². The number of pyridine rings is 1. The number of anilines is 1. The minimum absolute atomic E-state index is 0.0915. The van der Waals surface area contributed by atoms with Gasteiger partial charge in [0.25, 0.3) is 0 Å². The second kappa shape index (κ2) is 5.75. The fourth-order valence-electron chi connectivity index (χ4n) is 1.71. The Morgan fingerprint density at radius 1 is 1.32 bits per heavy atom. The number of alkyl halides is 3. The van der Waals surface area contributed by atoms with Gasteiger partial charge in [-0.2, -0.15) is 13.2 Å². The second-order valence-electron chi connectivity index (χ2n) is 4.99. The number of nitrogens with zero attached hydrogens (tertiary/aromatic N) is 2. The van der Waals surface area contributed by atoms with Crippen molar-refractivity contribution in [3.63, 3.8) is 0 Å². The predicted molar refractivity (Wildman–Crippen MR) is 66.9 cm³/mol. The summed E-state index contributed by atoms with van der Waals surface area (Å²) in [6, 6.07) is 3.61. The van der Waals surface area contributed by atoms with E-state index in [1.165, 1.54) is 12.1 Å². The molecule has 7 heteroatoms. The summed E-state index contributed by atoms with van der Waals surface area (Å²) in [7, 11) is 3.61. The van der Waals surface area contributed by atoms with E-state index in [0.29, 0.717) is 6.54 Å². The zero-order chi connectivity index (χ0) is 14.7. The van der Waals surface area contributed by atoms with Gasteiger partial charge in [-0.25, -0.2) is 4.98 Å². The van der Waals surface area contributed by atoms with Crippen molar-refractivity contribution in [1.29, 1.82) is 0 Å². The number of hydrogen-bond donors (Lipinski definition) is 2. The molecule has 0 aliphatic rings. The first-order chi connectivity index (χ1) is 8.60. The molecular formula is C12H18F3N3O. The Labute approximate surface area is 110 Å². The molecule has 1 rings (SSSR count). The third-order valence-corrected chi connectivity index (χ3v) is 2.35. The Kier molecular flexibility index (Phi) is 4.75. The van der Waals surface area contributed by atoms with E-state index in [2.05, 4.69) is 10.3 Å². The molecule has 19 heavy (non-hydrogen) atoms.